The van der Waals surface area contributed by atoms with Crippen LogP contribution >= 0.6 is 11.8 Å². The van der Waals surface area contributed by atoms with Crippen molar-refractivity contribution in [1.82, 2.24) is 5.43 Å². The highest BCUT2D eigenvalue weighted by Gasteiger charge is 2.06. The molecule has 3 N–H and O–H groups in total. The summed E-state index contributed by atoms with van der Waals surface area (Å²) in [5.74, 6) is 7.89. The van der Waals surface area contributed by atoms with Crippen molar-refractivity contribution in [1.29, 1.82) is 0 Å². The molecule has 0 spiro atoms. The van der Waals surface area contributed by atoms with Crippen molar-refractivity contribution in [2.45, 2.75) is 32.2 Å². The Morgan fingerprint density at radius 3 is 2.69 bits per heavy atom. The number of hydrogen-bond acceptors (Lipinski definition) is 3. The summed E-state index contributed by atoms with van der Waals surface area (Å²) >= 11 is 1.98. The molecule has 0 saturated carbocycles. The van der Waals surface area contributed by atoms with Crippen LogP contribution < -0.4 is 11.3 Å². The summed E-state index contributed by atoms with van der Waals surface area (Å²) in [6.45, 7) is 2.21. The van der Waals surface area contributed by atoms with Gasteiger partial charge in [-0.3, -0.25) is 11.3 Å². The van der Waals surface area contributed by atoms with E-state index in [9.17, 15) is 0 Å². The molecule has 0 fully saturated rings. The largest absolute Gasteiger partial charge is 0.271 e. The number of aryl methyl sites for hydroxylation is 1. The molecule has 2 nitrogen and oxygen atoms in total. The maximum Gasteiger partial charge on any atom is 0.0304 e. The van der Waals surface area contributed by atoms with Gasteiger partial charge in [-0.1, -0.05) is 37.3 Å². The van der Waals surface area contributed by atoms with Crippen molar-refractivity contribution >= 4 is 11.8 Å². The van der Waals surface area contributed by atoms with Gasteiger partial charge < -0.3 is 0 Å². The number of thioether (sulfide) groups is 1. The molecule has 0 aromatic heterocycles. The molecule has 1 atom stereocenters. The molecule has 0 amide bonds. The highest BCUT2D eigenvalue weighted by atomic mass is 32.2. The fourth-order valence-electron chi connectivity index (χ4n) is 1.57. The van der Waals surface area contributed by atoms with E-state index in [0.29, 0.717) is 6.04 Å². The Bertz CT molecular complexity index is 264. The second-order valence-corrected chi connectivity index (χ2v) is 5.11. The van der Waals surface area contributed by atoms with Gasteiger partial charge in [0.15, 0.2) is 0 Å². The second-order valence-electron chi connectivity index (χ2n) is 3.96. The average Bonchev–Trinajstić information content (AvgIpc) is 2.35. The van der Waals surface area contributed by atoms with Gasteiger partial charge >= 0.3 is 0 Å². The summed E-state index contributed by atoms with van der Waals surface area (Å²) in [4.78, 5) is 0. The van der Waals surface area contributed by atoms with E-state index in [0.717, 1.165) is 18.6 Å². The van der Waals surface area contributed by atoms with Crippen LogP contribution in [-0.2, 0) is 6.42 Å². The van der Waals surface area contributed by atoms with Crippen molar-refractivity contribution in [3.8, 4) is 0 Å². The van der Waals surface area contributed by atoms with Gasteiger partial charge in [0.2, 0.25) is 0 Å². The molecule has 0 saturated heterocycles. The summed E-state index contributed by atoms with van der Waals surface area (Å²) in [6.07, 6.45) is 3.44. The third-order valence-electron chi connectivity index (χ3n) is 2.53. The summed E-state index contributed by atoms with van der Waals surface area (Å²) in [6, 6.07) is 11.0. The molecule has 3 heteroatoms. The van der Waals surface area contributed by atoms with Crippen molar-refractivity contribution in [3.05, 3.63) is 35.9 Å². The van der Waals surface area contributed by atoms with Crippen molar-refractivity contribution in [3.63, 3.8) is 0 Å². The highest BCUT2D eigenvalue weighted by molar-refractivity contribution is 7.99. The molecule has 1 aromatic carbocycles. The first kappa shape index (κ1) is 13.6. The van der Waals surface area contributed by atoms with Crippen LogP contribution in [0.25, 0.3) is 0 Å². The lowest BCUT2D eigenvalue weighted by Gasteiger charge is -2.15. The topological polar surface area (TPSA) is 38.0 Å². The number of hydrazine groups is 1. The third-order valence-corrected chi connectivity index (χ3v) is 3.86. The number of hydrogen-bond donors (Lipinski definition) is 2. The maximum absolute atomic E-state index is 5.56. The zero-order valence-corrected chi connectivity index (χ0v) is 10.8. The first-order valence-electron chi connectivity index (χ1n) is 5.94. The Kier molecular flexibility index (Phi) is 7.30. The van der Waals surface area contributed by atoms with Gasteiger partial charge in [0.1, 0.15) is 0 Å². The van der Waals surface area contributed by atoms with Crippen LogP contribution in [-0.4, -0.2) is 17.5 Å². The van der Waals surface area contributed by atoms with Crippen LogP contribution in [0.4, 0.5) is 0 Å². The minimum absolute atomic E-state index is 0.428. The van der Waals surface area contributed by atoms with Gasteiger partial charge in [0.05, 0.1) is 0 Å². The lowest BCUT2D eigenvalue weighted by molar-refractivity contribution is 0.539. The standard InChI is InChI=1S/C13H22N2S/c1-2-10-16-11-13(15-14)9-8-12-6-4-3-5-7-12/h3-7,13,15H,2,8-11,14H2,1H3. The summed E-state index contributed by atoms with van der Waals surface area (Å²) in [5.41, 5.74) is 4.30. The Hall–Kier alpha value is -0.510. The highest BCUT2D eigenvalue weighted by Crippen LogP contribution is 2.10. The first-order chi connectivity index (χ1) is 7.86. The molecule has 0 aliphatic carbocycles. The van der Waals surface area contributed by atoms with Crippen LogP contribution in [0.3, 0.4) is 0 Å². The maximum atomic E-state index is 5.56. The summed E-state index contributed by atoms with van der Waals surface area (Å²) in [5, 5.41) is 0. The van der Waals surface area contributed by atoms with Crippen molar-refractivity contribution in [2.75, 3.05) is 11.5 Å². The SMILES string of the molecule is CCCSCC(CCc1ccccc1)NN. The predicted molar refractivity (Wildman–Crippen MR) is 73.5 cm³/mol. The van der Waals surface area contributed by atoms with Gasteiger partial charge in [0.25, 0.3) is 0 Å². The quantitative estimate of drug-likeness (QED) is 0.415. The first-order valence-corrected chi connectivity index (χ1v) is 7.10. The molecular weight excluding hydrogens is 216 g/mol. The molecular formula is C13H22N2S. The lowest BCUT2D eigenvalue weighted by atomic mass is 10.1. The Labute approximate surface area is 103 Å². The number of nitrogens with two attached hydrogens (primary N) is 1. The minimum atomic E-state index is 0.428. The fraction of sp³-hybridized carbons (Fsp3) is 0.538. The zero-order valence-electron chi connectivity index (χ0n) is 9.99. The second kappa shape index (κ2) is 8.62. The molecule has 0 aliphatic heterocycles. The molecule has 0 radical (unpaired) electrons. The Morgan fingerprint density at radius 1 is 1.31 bits per heavy atom. The van der Waals surface area contributed by atoms with Crippen LogP contribution in [0.2, 0.25) is 0 Å². The Morgan fingerprint density at radius 2 is 2.06 bits per heavy atom. The average molecular weight is 238 g/mol. The normalized spacial score (nSPS) is 12.6. The fourth-order valence-corrected chi connectivity index (χ4v) is 2.57. The van der Waals surface area contributed by atoms with E-state index in [1.54, 1.807) is 0 Å². The molecule has 1 rings (SSSR count). The van der Waals surface area contributed by atoms with Crippen molar-refractivity contribution in [2.24, 2.45) is 5.84 Å². The molecule has 90 valence electrons. The van der Waals surface area contributed by atoms with Crippen LogP contribution in [0.1, 0.15) is 25.3 Å². The molecule has 0 aliphatic rings. The van der Waals surface area contributed by atoms with E-state index in [2.05, 4.69) is 42.7 Å². The molecule has 1 aromatic rings. The summed E-state index contributed by atoms with van der Waals surface area (Å²) < 4.78 is 0. The van der Waals surface area contributed by atoms with Gasteiger partial charge in [0, 0.05) is 11.8 Å². The van der Waals surface area contributed by atoms with E-state index in [1.165, 1.54) is 17.7 Å². The molecule has 0 bridgehead atoms. The zero-order chi connectivity index (χ0) is 11.6. The van der Waals surface area contributed by atoms with Gasteiger partial charge in [-0.25, -0.2) is 0 Å². The monoisotopic (exact) mass is 238 g/mol. The number of rotatable bonds is 8. The summed E-state index contributed by atoms with van der Waals surface area (Å²) in [7, 11) is 0. The van der Waals surface area contributed by atoms with Crippen LogP contribution in [0, 0.1) is 0 Å². The van der Waals surface area contributed by atoms with E-state index < -0.39 is 0 Å². The van der Waals surface area contributed by atoms with Crippen LogP contribution in [0.5, 0.6) is 0 Å². The predicted octanol–water partition coefficient (Wildman–Crippen LogP) is 2.59. The third kappa shape index (κ3) is 5.54. The van der Waals surface area contributed by atoms with Gasteiger partial charge in [-0.05, 0) is 30.6 Å². The van der Waals surface area contributed by atoms with Crippen LogP contribution in [0.15, 0.2) is 30.3 Å². The van der Waals surface area contributed by atoms with Gasteiger partial charge in [-0.2, -0.15) is 11.8 Å². The minimum Gasteiger partial charge on any atom is -0.271 e. The van der Waals surface area contributed by atoms with E-state index in [1.807, 2.05) is 11.8 Å². The van der Waals surface area contributed by atoms with E-state index >= 15 is 0 Å². The number of benzene rings is 1. The smallest absolute Gasteiger partial charge is 0.0304 e. The van der Waals surface area contributed by atoms with Crippen molar-refractivity contribution < 1.29 is 0 Å². The number of nitrogens with one attached hydrogen (secondary N) is 1. The van der Waals surface area contributed by atoms with E-state index in [4.69, 9.17) is 5.84 Å². The molecule has 16 heavy (non-hydrogen) atoms. The lowest BCUT2D eigenvalue weighted by Crippen LogP contribution is -2.37. The molecule has 0 heterocycles. The Balaban J connectivity index is 2.23. The molecule has 1 unspecified atom stereocenters. The van der Waals surface area contributed by atoms with E-state index in [-0.39, 0.29) is 0 Å². The van der Waals surface area contributed by atoms with Gasteiger partial charge in [-0.15, -0.1) is 0 Å².